The van der Waals surface area contributed by atoms with Crippen LogP contribution >= 0.6 is 0 Å². The second-order valence-corrected chi connectivity index (χ2v) is 7.01. The van der Waals surface area contributed by atoms with Crippen LogP contribution in [0, 0.1) is 17.8 Å². The maximum Gasteiger partial charge on any atom is 0.329 e. The van der Waals surface area contributed by atoms with Gasteiger partial charge >= 0.3 is 5.97 Å². The molecule has 0 atom stereocenters. The third kappa shape index (κ3) is 3.76. The third-order valence-corrected chi connectivity index (χ3v) is 5.45. The molecule has 0 aromatic carbocycles. The molecule has 4 N–H and O–H groups in total. The number of rotatable bonds is 4. The first-order valence-corrected chi connectivity index (χ1v) is 8.22. The number of hydrogen-bond donors (Lipinski definition) is 3. The zero-order chi connectivity index (χ0) is 15.5. The minimum Gasteiger partial charge on any atom is -0.480 e. The Kier molecular flexibility index (Phi) is 5.25. The van der Waals surface area contributed by atoms with E-state index in [4.69, 9.17) is 5.73 Å². The molecule has 0 spiro atoms. The second-order valence-electron chi connectivity index (χ2n) is 7.01. The highest BCUT2D eigenvalue weighted by molar-refractivity contribution is 5.88. The molecular formula is C16H28N2O3. The van der Waals surface area contributed by atoms with Crippen molar-refractivity contribution in [1.29, 1.82) is 0 Å². The third-order valence-electron chi connectivity index (χ3n) is 5.45. The molecule has 2 rings (SSSR count). The van der Waals surface area contributed by atoms with Crippen molar-refractivity contribution in [2.24, 2.45) is 23.5 Å². The van der Waals surface area contributed by atoms with E-state index in [1.165, 1.54) is 0 Å². The molecule has 2 saturated carbocycles. The Hall–Kier alpha value is -1.10. The van der Waals surface area contributed by atoms with Crippen molar-refractivity contribution in [2.75, 3.05) is 6.54 Å². The lowest BCUT2D eigenvalue weighted by Crippen LogP contribution is -2.57. The van der Waals surface area contributed by atoms with Gasteiger partial charge in [0, 0.05) is 5.92 Å². The largest absolute Gasteiger partial charge is 0.480 e. The van der Waals surface area contributed by atoms with Crippen molar-refractivity contribution in [3.8, 4) is 0 Å². The smallest absolute Gasteiger partial charge is 0.329 e. The topological polar surface area (TPSA) is 92.4 Å². The maximum absolute atomic E-state index is 12.4. The quantitative estimate of drug-likeness (QED) is 0.738. The first-order valence-electron chi connectivity index (χ1n) is 8.22. The predicted octanol–water partition coefficient (Wildman–Crippen LogP) is 1.90. The normalized spacial score (nSPS) is 37.0. The summed E-state index contributed by atoms with van der Waals surface area (Å²) >= 11 is 0. The minimum atomic E-state index is -1.03. The van der Waals surface area contributed by atoms with Crippen LogP contribution < -0.4 is 11.1 Å². The van der Waals surface area contributed by atoms with Crippen LogP contribution in [0.25, 0.3) is 0 Å². The summed E-state index contributed by atoms with van der Waals surface area (Å²) in [6.45, 7) is 2.83. The molecule has 0 aliphatic heterocycles. The van der Waals surface area contributed by atoms with Crippen molar-refractivity contribution < 1.29 is 14.7 Å². The number of nitrogens with two attached hydrogens (primary N) is 1. The summed E-state index contributed by atoms with van der Waals surface area (Å²) < 4.78 is 0. The van der Waals surface area contributed by atoms with Crippen molar-refractivity contribution >= 4 is 11.9 Å². The average Bonchev–Trinajstić information content (AvgIpc) is 2.49. The van der Waals surface area contributed by atoms with E-state index in [1.807, 2.05) is 0 Å². The number of carboxylic acids is 1. The summed E-state index contributed by atoms with van der Waals surface area (Å²) in [6.07, 6.45) is 6.46. The Balaban J connectivity index is 1.95. The van der Waals surface area contributed by atoms with E-state index < -0.39 is 11.5 Å². The number of carbonyl (C=O) groups excluding carboxylic acids is 1. The highest BCUT2D eigenvalue weighted by atomic mass is 16.4. The molecule has 0 radical (unpaired) electrons. The predicted molar refractivity (Wildman–Crippen MR) is 80.6 cm³/mol. The molecule has 2 fully saturated rings. The zero-order valence-corrected chi connectivity index (χ0v) is 12.9. The fourth-order valence-corrected chi connectivity index (χ4v) is 3.65. The van der Waals surface area contributed by atoms with Gasteiger partial charge in [-0.05, 0) is 69.7 Å². The van der Waals surface area contributed by atoms with E-state index in [0.717, 1.165) is 38.5 Å². The van der Waals surface area contributed by atoms with Gasteiger partial charge in [0.25, 0.3) is 0 Å². The van der Waals surface area contributed by atoms with Gasteiger partial charge in [0.15, 0.2) is 0 Å². The van der Waals surface area contributed by atoms with Crippen LogP contribution in [-0.4, -0.2) is 29.1 Å². The Morgan fingerprint density at radius 2 is 1.71 bits per heavy atom. The molecule has 21 heavy (non-hydrogen) atoms. The van der Waals surface area contributed by atoms with Gasteiger partial charge in [-0.25, -0.2) is 4.79 Å². The first kappa shape index (κ1) is 16.3. The SMILES string of the molecule is CC1CCC(NC(=O)C2CCC(CN)CC2)(C(=O)O)CC1. The number of nitrogens with one attached hydrogen (secondary N) is 1. The number of carboxylic acid groups (broad SMARTS) is 1. The van der Waals surface area contributed by atoms with Gasteiger partial charge in [-0.15, -0.1) is 0 Å². The van der Waals surface area contributed by atoms with Gasteiger partial charge in [0.2, 0.25) is 5.91 Å². The molecule has 5 nitrogen and oxygen atoms in total. The maximum atomic E-state index is 12.4. The number of amides is 1. The van der Waals surface area contributed by atoms with Gasteiger partial charge < -0.3 is 16.2 Å². The Bertz CT molecular complexity index is 381. The van der Waals surface area contributed by atoms with Crippen LogP contribution in [0.3, 0.4) is 0 Å². The Morgan fingerprint density at radius 3 is 2.19 bits per heavy atom. The summed E-state index contributed by atoms with van der Waals surface area (Å²) in [5, 5.41) is 12.5. The lowest BCUT2D eigenvalue weighted by Gasteiger charge is -2.38. The molecule has 2 aliphatic rings. The molecule has 5 heteroatoms. The van der Waals surface area contributed by atoms with E-state index in [-0.39, 0.29) is 11.8 Å². The summed E-state index contributed by atoms with van der Waals surface area (Å²) in [5.41, 5.74) is 4.64. The molecule has 0 unspecified atom stereocenters. The molecule has 0 aromatic rings. The molecule has 0 aromatic heterocycles. The molecule has 2 aliphatic carbocycles. The Morgan fingerprint density at radius 1 is 1.14 bits per heavy atom. The number of hydrogen-bond acceptors (Lipinski definition) is 3. The van der Waals surface area contributed by atoms with Crippen LogP contribution in [0.1, 0.15) is 58.3 Å². The molecule has 0 saturated heterocycles. The number of carbonyl (C=O) groups is 2. The minimum absolute atomic E-state index is 0.0385. The van der Waals surface area contributed by atoms with Gasteiger partial charge in [0.05, 0.1) is 0 Å². The summed E-state index contributed by atoms with van der Waals surface area (Å²) in [7, 11) is 0. The standard InChI is InChI=1S/C16H28N2O3/c1-11-6-8-16(9-7-11,15(20)21)18-14(19)13-4-2-12(10-17)3-5-13/h11-13H,2-10,17H2,1H3,(H,18,19)(H,20,21). The molecule has 0 bridgehead atoms. The molecule has 120 valence electrons. The lowest BCUT2D eigenvalue weighted by atomic mass is 9.76. The molecular weight excluding hydrogens is 268 g/mol. The van der Waals surface area contributed by atoms with Crippen LogP contribution in [0.4, 0.5) is 0 Å². The monoisotopic (exact) mass is 296 g/mol. The lowest BCUT2D eigenvalue weighted by molar-refractivity contribution is -0.150. The van der Waals surface area contributed by atoms with Gasteiger partial charge in [-0.3, -0.25) is 4.79 Å². The fraction of sp³-hybridized carbons (Fsp3) is 0.875. The zero-order valence-electron chi connectivity index (χ0n) is 12.9. The van der Waals surface area contributed by atoms with Crippen molar-refractivity contribution in [3.63, 3.8) is 0 Å². The molecule has 0 heterocycles. The Labute approximate surface area is 126 Å². The van der Waals surface area contributed by atoms with Crippen LogP contribution in [0.15, 0.2) is 0 Å². The first-order chi connectivity index (χ1) is 9.97. The van der Waals surface area contributed by atoms with Crippen molar-refractivity contribution in [1.82, 2.24) is 5.32 Å². The van der Waals surface area contributed by atoms with Crippen molar-refractivity contribution in [3.05, 3.63) is 0 Å². The van der Waals surface area contributed by atoms with Crippen LogP contribution in [0.5, 0.6) is 0 Å². The summed E-state index contributed by atoms with van der Waals surface area (Å²) in [6, 6.07) is 0. The van der Waals surface area contributed by atoms with E-state index >= 15 is 0 Å². The summed E-state index contributed by atoms with van der Waals surface area (Å²) in [4.78, 5) is 24.1. The second kappa shape index (κ2) is 6.77. The summed E-state index contributed by atoms with van der Waals surface area (Å²) in [5.74, 6) is 0.0941. The molecule has 1 amide bonds. The number of aliphatic carboxylic acids is 1. The highest BCUT2D eigenvalue weighted by Crippen LogP contribution is 2.34. The average molecular weight is 296 g/mol. The van der Waals surface area contributed by atoms with E-state index in [9.17, 15) is 14.7 Å². The van der Waals surface area contributed by atoms with Crippen molar-refractivity contribution in [2.45, 2.75) is 63.8 Å². The van der Waals surface area contributed by atoms with E-state index in [0.29, 0.717) is 31.2 Å². The van der Waals surface area contributed by atoms with Gasteiger partial charge in [-0.2, -0.15) is 0 Å². The highest BCUT2D eigenvalue weighted by Gasteiger charge is 2.43. The van der Waals surface area contributed by atoms with E-state index in [1.54, 1.807) is 0 Å². The van der Waals surface area contributed by atoms with Gasteiger partial charge in [0.1, 0.15) is 5.54 Å². The van der Waals surface area contributed by atoms with Crippen LogP contribution in [-0.2, 0) is 9.59 Å². The van der Waals surface area contributed by atoms with Gasteiger partial charge in [-0.1, -0.05) is 6.92 Å². The fourth-order valence-electron chi connectivity index (χ4n) is 3.65. The van der Waals surface area contributed by atoms with E-state index in [2.05, 4.69) is 12.2 Å². The van der Waals surface area contributed by atoms with Crippen LogP contribution in [0.2, 0.25) is 0 Å².